The monoisotopic (exact) mass is 239 g/mol. The van der Waals surface area contributed by atoms with Crippen LogP contribution in [0.25, 0.3) is 0 Å². The van der Waals surface area contributed by atoms with Gasteiger partial charge in [-0.3, -0.25) is 4.79 Å². The normalized spacial score (nSPS) is 27.2. The summed E-state index contributed by atoms with van der Waals surface area (Å²) in [5, 5.41) is -0.594. The molecule has 1 saturated heterocycles. The first-order chi connectivity index (χ1) is 6.33. The van der Waals surface area contributed by atoms with Crippen molar-refractivity contribution in [3.05, 3.63) is 0 Å². The predicted molar refractivity (Wildman–Crippen MR) is 55.1 cm³/mol. The number of nitrogens with zero attached hydrogens (tertiary/aromatic N) is 1. The van der Waals surface area contributed by atoms with Crippen LogP contribution in [0.4, 0.5) is 0 Å². The number of hydrogen-bond donors (Lipinski definition) is 0. The molecule has 1 aliphatic heterocycles. The van der Waals surface area contributed by atoms with Crippen molar-refractivity contribution in [1.29, 1.82) is 0 Å². The maximum atomic E-state index is 11.4. The molecule has 0 saturated carbocycles. The van der Waals surface area contributed by atoms with Gasteiger partial charge in [0.2, 0.25) is 5.91 Å². The second kappa shape index (κ2) is 4.06. The molecule has 4 nitrogen and oxygen atoms in total. The van der Waals surface area contributed by atoms with Crippen LogP contribution < -0.4 is 0 Å². The lowest BCUT2D eigenvalue weighted by Crippen LogP contribution is -2.41. The van der Waals surface area contributed by atoms with E-state index in [9.17, 15) is 13.2 Å². The van der Waals surface area contributed by atoms with Gasteiger partial charge in [0.05, 0.1) is 11.5 Å². The van der Waals surface area contributed by atoms with Gasteiger partial charge in [0.25, 0.3) is 0 Å². The highest BCUT2D eigenvalue weighted by molar-refractivity contribution is 7.91. The molecule has 1 aliphatic rings. The minimum Gasteiger partial charge on any atom is -0.340 e. The van der Waals surface area contributed by atoms with Crippen LogP contribution in [-0.2, 0) is 14.6 Å². The fourth-order valence-corrected chi connectivity index (χ4v) is 3.47. The van der Waals surface area contributed by atoms with Crippen molar-refractivity contribution < 1.29 is 13.2 Å². The number of rotatable bonds is 2. The molecule has 6 heteroatoms. The Bertz CT molecular complexity index is 325. The number of halogens is 1. The van der Waals surface area contributed by atoms with Gasteiger partial charge in [-0.15, -0.1) is 11.6 Å². The van der Waals surface area contributed by atoms with Crippen LogP contribution in [0.15, 0.2) is 0 Å². The second-order valence-corrected chi connectivity index (χ2v) is 6.51. The van der Waals surface area contributed by atoms with Crippen molar-refractivity contribution in [3.63, 3.8) is 0 Å². The summed E-state index contributed by atoms with van der Waals surface area (Å²) >= 11 is 5.63. The van der Waals surface area contributed by atoms with Crippen LogP contribution in [0, 0.1) is 0 Å². The molecule has 82 valence electrons. The van der Waals surface area contributed by atoms with Crippen molar-refractivity contribution >= 4 is 27.3 Å². The second-order valence-electron chi connectivity index (χ2n) is 3.62. The summed E-state index contributed by atoms with van der Waals surface area (Å²) < 4.78 is 22.3. The van der Waals surface area contributed by atoms with E-state index in [0.717, 1.165) is 0 Å². The largest absolute Gasteiger partial charge is 0.340 e. The van der Waals surface area contributed by atoms with E-state index in [2.05, 4.69) is 0 Å². The molecule has 1 amide bonds. The highest BCUT2D eigenvalue weighted by Crippen LogP contribution is 2.17. The van der Waals surface area contributed by atoms with Gasteiger partial charge >= 0.3 is 0 Å². The molecular weight excluding hydrogens is 226 g/mol. The zero-order valence-electron chi connectivity index (χ0n) is 8.23. The highest BCUT2D eigenvalue weighted by atomic mass is 35.5. The van der Waals surface area contributed by atoms with Crippen molar-refractivity contribution in [2.45, 2.75) is 24.8 Å². The number of amides is 1. The summed E-state index contributed by atoms with van der Waals surface area (Å²) in [6, 6.07) is -0.200. The third kappa shape index (κ3) is 2.60. The number of carbonyl (C=O) groups excluding carboxylic acids is 1. The Kier molecular flexibility index (Phi) is 3.42. The Morgan fingerprint density at radius 1 is 1.57 bits per heavy atom. The van der Waals surface area contributed by atoms with Crippen molar-refractivity contribution in [3.8, 4) is 0 Å². The lowest BCUT2D eigenvalue weighted by atomic mass is 10.2. The topological polar surface area (TPSA) is 54.5 Å². The van der Waals surface area contributed by atoms with Crippen LogP contribution in [0.2, 0.25) is 0 Å². The van der Waals surface area contributed by atoms with E-state index in [1.807, 2.05) is 0 Å². The van der Waals surface area contributed by atoms with Crippen LogP contribution in [-0.4, -0.2) is 49.2 Å². The van der Waals surface area contributed by atoms with Gasteiger partial charge in [0.1, 0.15) is 5.38 Å². The molecule has 0 aliphatic carbocycles. The van der Waals surface area contributed by atoms with Crippen molar-refractivity contribution in [1.82, 2.24) is 4.90 Å². The molecule has 2 atom stereocenters. The molecular formula is C8H14ClNO3S. The Morgan fingerprint density at radius 2 is 2.14 bits per heavy atom. The Labute approximate surface area is 89.1 Å². The van der Waals surface area contributed by atoms with Crippen molar-refractivity contribution in [2.24, 2.45) is 0 Å². The molecule has 0 aromatic carbocycles. The van der Waals surface area contributed by atoms with E-state index in [0.29, 0.717) is 6.42 Å². The van der Waals surface area contributed by atoms with Gasteiger partial charge < -0.3 is 4.90 Å². The number of hydrogen-bond acceptors (Lipinski definition) is 3. The third-order valence-corrected chi connectivity index (χ3v) is 4.38. The minimum absolute atomic E-state index is 0.0683. The zero-order valence-corrected chi connectivity index (χ0v) is 9.81. The summed E-state index contributed by atoms with van der Waals surface area (Å²) in [5.41, 5.74) is 0. The Hall–Kier alpha value is -0.290. The zero-order chi connectivity index (χ0) is 10.9. The van der Waals surface area contributed by atoms with E-state index >= 15 is 0 Å². The maximum Gasteiger partial charge on any atom is 0.240 e. The summed E-state index contributed by atoms with van der Waals surface area (Å²) in [7, 11) is -1.33. The first kappa shape index (κ1) is 11.8. The third-order valence-electron chi connectivity index (χ3n) is 2.44. The van der Waals surface area contributed by atoms with Crippen LogP contribution in [0.5, 0.6) is 0 Å². The molecule has 0 unspecified atom stereocenters. The van der Waals surface area contributed by atoms with Gasteiger partial charge in [-0.1, -0.05) is 0 Å². The molecule has 0 spiro atoms. The van der Waals surface area contributed by atoms with Gasteiger partial charge in [0.15, 0.2) is 9.84 Å². The van der Waals surface area contributed by atoms with Crippen LogP contribution in [0.3, 0.4) is 0 Å². The number of carbonyl (C=O) groups is 1. The molecule has 1 fully saturated rings. The predicted octanol–water partition coefficient (Wildman–Crippen LogP) is 0.259. The first-order valence-electron chi connectivity index (χ1n) is 4.44. The van der Waals surface area contributed by atoms with Gasteiger partial charge in [-0.25, -0.2) is 8.42 Å². The van der Waals surface area contributed by atoms with E-state index in [4.69, 9.17) is 11.6 Å². The Balaban J connectivity index is 2.64. The fraction of sp³-hybridized carbons (Fsp3) is 0.875. The average molecular weight is 240 g/mol. The lowest BCUT2D eigenvalue weighted by Gasteiger charge is -2.24. The summed E-state index contributed by atoms with van der Waals surface area (Å²) in [6.45, 7) is 1.59. The molecule has 14 heavy (non-hydrogen) atoms. The van der Waals surface area contributed by atoms with E-state index in [1.165, 1.54) is 4.90 Å². The minimum atomic E-state index is -2.94. The van der Waals surface area contributed by atoms with E-state index in [1.54, 1.807) is 14.0 Å². The Morgan fingerprint density at radius 3 is 2.50 bits per heavy atom. The summed E-state index contributed by atoms with van der Waals surface area (Å²) in [6.07, 6.45) is 0.522. The highest BCUT2D eigenvalue weighted by Gasteiger charge is 2.33. The van der Waals surface area contributed by atoms with Crippen molar-refractivity contribution in [2.75, 3.05) is 18.6 Å². The van der Waals surface area contributed by atoms with E-state index in [-0.39, 0.29) is 23.5 Å². The number of sulfone groups is 1. The van der Waals surface area contributed by atoms with E-state index < -0.39 is 15.2 Å². The number of alkyl halides is 1. The molecule has 0 aromatic heterocycles. The molecule has 1 rings (SSSR count). The lowest BCUT2D eigenvalue weighted by molar-refractivity contribution is -0.130. The van der Waals surface area contributed by atoms with Crippen LogP contribution in [0.1, 0.15) is 13.3 Å². The van der Waals surface area contributed by atoms with Gasteiger partial charge in [0, 0.05) is 13.1 Å². The summed E-state index contributed by atoms with van der Waals surface area (Å²) in [4.78, 5) is 12.9. The van der Waals surface area contributed by atoms with Gasteiger partial charge in [-0.05, 0) is 13.3 Å². The van der Waals surface area contributed by atoms with Crippen LogP contribution >= 0.6 is 11.6 Å². The molecule has 0 aromatic rings. The first-order valence-corrected chi connectivity index (χ1v) is 6.70. The maximum absolute atomic E-state index is 11.4. The smallest absolute Gasteiger partial charge is 0.240 e. The van der Waals surface area contributed by atoms with Gasteiger partial charge in [-0.2, -0.15) is 0 Å². The SMILES string of the molecule is C[C@H](Cl)C(=O)N(C)[C@H]1CCS(=O)(=O)C1. The average Bonchev–Trinajstić information content (AvgIpc) is 2.43. The summed E-state index contributed by atoms with van der Waals surface area (Å²) in [5.74, 6) is 0.0268. The standard InChI is InChI=1S/C8H14ClNO3S/c1-6(9)8(11)10(2)7-3-4-14(12,13)5-7/h6-7H,3-5H2,1-2H3/t6-,7-/m0/s1. The fourth-order valence-electron chi connectivity index (χ4n) is 1.54. The molecule has 0 N–H and O–H groups in total. The molecule has 0 radical (unpaired) electrons. The molecule has 0 bridgehead atoms. The molecule has 1 heterocycles. The quantitative estimate of drug-likeness (QED) is 0.650.